The van der Waals surface area contributed by atoms with Crippen molar-refractivity contribution in [2.75, 3.05) is 5.88 Å². The molecule has 0 heterocycles. The van der Waals surface area contributed by atoms with Gasteiger partial charge in [0, 0.05) is 5.88 Å². The van der Waals surface area contributed by atoms with E-state index < -0.39 is 0 Å². The first kappa shape index (κ1) is 9.99. The van der Waals surface area contributed by atoms with E-state index in [0.717, 1.165) is 18.7 Å². The van der Waals surface area contributed by atoms with Crippen molar-refractivity contribution in [3.8, 4) is 0 Å². The second kappa shape index (κ2) is 9.31. The molecule has 0 unspecified atom stereocenters. The summed E-state index contributed by atoms with van der Waals surface area (Å²) in [6.45, 7) is 3.59. The number of hydrogen-bond donors (Lipinski definition) is 0. The van der Waals surface area contributed by atoms with Crippen molar-refractivity contribution in [3.63, 3.8) is 0 Å². The Morgan fingerprint density at radius 2 is 2.00 bits per heavy atom. The fourth-order valence-electron chi connectivity index (χ4n) is 0.0945. The molecule has 0 bridgehead atoms. The van der Waals surface area contributed by atoms with Crippen LogP contribution in [0.1, 0.15) is 12.8 Å². The summed E-state index contributed by atoms with van der Waals surface area (Å²) in [6, 6.07) is 0. The minimum atomic E-state index is 0. The maximum atomic E-state index is 5.26. The van der Waals surface area contributed by atoms with Crippen LogP contribution in [-0.2, 0) is 0 Å². The van der Waals surface area contributed by atoms with Gasteiger partial charge in [0.15, 0.2) is 0 Å². The van der Waals surface area contributed by atoms with E-state index in [1.807, 2.05) is 0 Å². The number of rotatable bonds is 2. The van der Waals surface area contributed by atoms with Gasteiger partial charge in [-0.1, -0.05) is 6.42 Å². The van der Waals surface area contributed by atoms with Crippen LogP contribution in [0.25, 0.3) is 0 Å². The van der Waals surface area contributed by atoms with Crippen molar-refractivity contribution in [1.29, 1.82) is 0 Å². The Balaban J connectivity index is 0. The van der Waals surface area contributed by atoms with Gasteiger partial charge in [-0.3, -0.25) is 0 Å². The zero-order chi connectivity index (χ0) is 4.12. The molecule has 0 nitrogen and oxygen atoms in total. The predicted octanol–water partition coefficient (Wildman–Crippen LogP) is -1.16. The van der Waals surface area contributed by atoms with E-state index in [9.17, 15) is 0 Å². The average Bonchev–Trinajstić information content (AvgIpc) is 1.41. The normalized spacial score (nSPS) is 7.00. The smallest absolute Gasteiger partial charge is 0.343 e. The number of alkyl halides is 1. The molecule has 0 aromatic rings. The van der Waals surface area contributed by atoms with Crippen LogP contribution in [0.4, 0.5) is 0 Å². The molecule has 0 aromatic carbocycles. The van der Waals surface area contributed by atoms with Gasteiger partial charge in [0.2, 0.25) is 0 Å². The second-order valence-corrected chi connectivity index (χ2v) is 1.27. The number of unbranched alkanes of at least 4 members (excludes halogenated alkanes) is 1. The molecule has 0 amide bonds. The third-order valence-corrected chi connectivity index (χ3v) is 0.651. The topological polar surface area (TPSA) is 0 Å². The average molecular weight is 98.5 g/mol. The minimum absolute atomic E-state index is 0. The number of hydrogen-bond acceptors (Lipinski definition) is 0. The standard InChI is InChI=1S/C4H8Cl.Li/c1-2-3-4-5;/h1-4H2;/q-1;+1. The van der Waals surface area contributed by atoms with E-state index in [1.165, 1.54) is 0 Å². The predicted molar refractivity (Wildman–Crippen MR) is 25.3 cm³/mol. The summed E-state index contributed by atoms with van der Waals surface area (Å²) >= 11 is 5.26. The zero-order valence-corrected chi connectivity index (χ0v) is 4.96. The molecule has 0 atom stereocenters. The van der Waals surface area contributed by atoms with Gasteiger partial charge in [-0.2, -0.15) is 6.42 Å². The van der Waals surface area contributed by atoms with Gasteiger partial charge in [0.25, 0.3) is 0 Å². The molecular formula is C4H8ClLi. The second-order valence-electron chi connectivity index (χ2n) is 0.896. The monoisotopic (exact) mass is 98.0 g/mol. The molecule has 0 radical (unpaired) electrons. The molecule has 0 aliphatic heterocycles. The van der Waals surface area contributed by atoms with Crippen LogP contribution in [0.3, 0.4) is 0 Å². The Bertz CT molecular complexity index is 15.0. The Labute approximate surface area is 56.4 Å². The quantitative estimate of drug-likeness (QED) is 0.232. The molecule has 0 spiro atoms. The first-order valence-electron chi connectivity index (χ1n) is 1.77. The van der Waals surface area contributed by atoms with Crippen molar-refractivity contribution in [1.82, 2.24) is 0 Å². The van der Waals surface area contributed by atoms with Crippen molar-refractivity contribution in [3.05, 3.63) is 6.92 Å². The molecule has 0 N–H and O–H groups in total. The van der Waals surface area contributed by atoms with Crippen LogP contribution in [0, 0.1) is 6.92 Å². The SMILES string of the molecule is [CH2-]CCCCl.[Li+]. The summed E-state index contributed by atoms with van der Waals surface area (Å²) < 4.78 is 0. The Morgan fingerprint density at radius 3 is 2.00 bits per heavy atom. The molecule has 32 valence electrons. The summed E-state index contributed by atoms with van der Waals surface area (Å²) in [4.78, 5) is 0. The van der Waals surface area contributed by atoms with E-state index in [1.54, 1.807) is 0 Å². The van der Waals surface area contributed by atoms with Gasteiger partial charge in [-0.15, -0.1) is 11.6 Å². The van der Waals surface area contributed by atoms with Crippen LogP contribution in [0.5, 0.6) is 0 Å². The summed E-state index contributed by atoms with van der Waals surface area (Å²) in [6.07, 6.45) is 2.01. The molecule has 0 aliphatic rings. The molecule has 0 saturated heterocycles. The summed E-state index contributed by atoms with van der Waals surface area (Å²) in [5, 5.41) is 0. The number of halogens is 1. The zero-order valence-electron chi connectivity index (χ0n) is 4.21. The van der Waals surface area contributed by atoms with Crippen molar-refractivity contribution >= 4 is 11.6 Å². The van der Waals surface area contributed by atoms with E-state index in [2.05, 4.69) is 6.92 Å². The van der Waals surface area contributed by atoms with Crippen molar-refractivity contribution in [2.24, 2.45) is 0 Å². The van der Waals surface area contributed by atoms with Gasteiger partial charge in [0.05, 0.1) is 0 Å². The van der Waals surface area contributed by atoms with Crippen LogP contribution < -0.4 is 18.9 Å². The molecule has 6 heavy (non-hydrogen) atoms. The van der Waals surface area contributed by atoms with Crippen LogP contribution in [0.2, 0.25) is 0 Å². The largest absolute Gasteiger partial charge is 1.00 e. The fourth-order valence-corrected chi connectivity index (χ4v) is 0.283. The van der Waals surface area contributed by atoms with Crippen LogP contribution in [-0.4, -0.2) is 5.88 Å². The summed E-state index contributed by atoms with van der Waals surface area (Å²) in [5.74, 6) is 0.753. The van der Waals surface area contributed by atoms with Crippen LogP contribution in [0.15, 0.2) is 0 Å². The first-order valence-corrected chi connectivity index (χ1v) is 2.30. The van der Waals surface area contributed by atoms with Gasteiger partial charge in [0.1, 0.15) is 0 Å². The van der Waals surface area contributed by atoms with Gasteiger partial charge in [-0.25, -0.2) is 0 Å². The van der Waals surface area contributed by atoms with Gasteiger partial charge < -0.3 is 6.92 Å². The maximum Gasteiger partial charge on any atom is 1.00 e. The van der Waals surface area contributed by atoms with E-state index in [-0.39, 0.29) is 18.9 Å². The molecule has 0 fully saturated rings. The van der Waals surface area contributed by atoms with Gasteiger partial charge >= 0.3 is 18.9 Å². The Kier molecular flexibility index (Phi) is 15.5. The third kappa shape index (κ3) is 8.86. The minimum Gasteiger partial charge on any atom is -0.343 e. The fraction of sp³-hybridized carbons (Fsp3) is 0.750. The molecule has 0 aromatic heterocycles. The van der Waals surface area contributed by atoms with Crippen LogP contribution >= 0.6 is 11.6 Å². The maximum absolute atomic E-state index is 5.26. The van der Waals surface area contributed by atoms with E-state index in [4.69, 9.17) is 11.6 Å². The van der Waals surface area contributed by atoms with E-state index in [0.29, 0.717) is 0 Å². The Morgan fingerprint density at radius 1 is 1.50 bits per heavy atom. The Hall–Kier alpha value is 0.887. The molecular weight excluding hydrogens is 90.4 g/mol. The first-order chi connectivity index (χ1) is 2.41. The molecule has 2 heteroatoms. The van der Waals surface area contributed by atoms with E-state index >= 15 is 0 Å². The molecule has 0 saturated carbocycles. The molecule has 0 aliphatic carbocycles. The van der Waals surface area contributed by atoms with Gasteiger partial charge in [-0.05, 0) is 0 Å². The van der Waals surface area contributed by atoms with Crippen molar-refractivity contribution in [2.45, 2.75) is 12.8 Å². The van der Waals surface area contributed by atoms with Crippen molar-refractivity contribution < 1.29 is 18.9 Å². The third-order valence-electron chi connectivity index (χ3n) is 0.384. The summed E-state index contributed by atoms with van der Waals surface area (Å²) in [5.41, 5.74) is 0. The summed E-state index contributed by atoms with van der Waals surface area (Å²) in [7, 11) is 0. The molecule has 0 rings (SSSR count).